The van der Waals surface area contributed by atoms with Gasteiger partial charge in [0.15, 0.2) is 0 Å². The van der Waals surface area contributed by atoms with Crippen LogP contribution in [-0.2, 0) is 17.6 Å². The number of ether oxygens (including phenoxy) is 1. The number of carbonyl (C=O) groups is 1. The molecule has 186 valence electrons. The van der Waals surface area contributed by atoms with Crippen LogP contribution in [0.25, 0.3) is 10.3 Å². The van der Waals surface area contributed by atoms with E-state index in [0.717, 1.165) is 17.0 Å². The van der Waals surface area contributed by atoms with Gasteiger partial charge in [0.25, 0.3) is 5.91 Å². The van der Waals surface area contributed by atoms with Crippen molar-refractivity contribution in [2.75, 3.05) is 23.7 Å². The zero-order valence-electron chi connectivity index (χ0n) is 18.8. The lowest BCUT2D eigenvalue weighted by molar-refractivity contribution is -0.341. The van der Waals surface area contributed by atoms with Crippen LogP contribution in [0, 0.1) is 6.92 Å². The largest absolute Gasteiger partial charge is 0.522 e. The Labute approximate surface area is 202 Å². The fourth-order valence-electron chi connectivity index (χ4n) is 4.57. The fraction of sp³-hybridized carbons (Fsp3) is 0.455. The van der Waals surface area contributed by atoms with Crippen LogP contribution in [0.1, 0.15) is 33.0 Å². The van der Waals surface area contributed by atoms with E-state index in [2.05, 4.69) is 25.0 Å². The minimum atomic E-state index is -4.73. The quantitative estimate of drug-likeness (QED) is 0.490. The maximum atomic E-state index is 12.9. The smallest absolute Gasteiger partial charge is 0.396 e. The molecule has 9 nitrogen and oxygen atoms in total. The number of amides is 1. The van der Waals surface area contributed by atoms with Gasteiger partial charge < -0.3 is 21.7 Å². The molecule has 3 unspecified atom stereocenters. The van der Waals surface area contributed by atoms with Crippen LogP contribution in [0.5, 0.6) is 0 Å². The van der Waals surface area contributed by atoms with Gasteiger partial charge in [-0.15, -0.1) is 24.5 Å². The molecule has 0 bridgehead atoms. The number of nitrogens with two attached hydrogens (primary N) is 2. The number of anilines is 2. The van der Waals surface area contributed by atoms with E-state index in [1.165, 1.54) is 11.3 Å². The Morgan fingerprint density at radius 1 is 1.29 bits per heavy atom. The number of fused-ring (bicyclic) bond motifs is 2. The molecule has 35 heavy (non-hydrogen) atoms. The number of rotatable bonds is 4. The maximum Gasteiger partial charge on any atom is 0.522 e. The van der Waals surface area contributed by atoms with Gasteiger partial charge in [-0.25, -0.2) is 15.0 Å². The van der Waals surface area contributed by atoms with Crippen molar-refractivity contribution in [2.45, 2.75) is 50.7 Å². The van der Waals surface area contributed by atoms with Crippen molar-refractivity contribution >= 4 is 39.1 Å². The Balaban J connectivity index is 1.25. The highest BCUT2D eigenvalue weighted by Crippen LogP contribution is 2.32. The summed E-state index contributed by atoms with van der Waals surface area (Å²) in [5.74, 6) is 0.313. The first kappa shape index (κ1) is 23.7. The number of nitrogens with one attached hydrogen (secondary N) is 1. The van der Waals surface area contributed by atoms with Gasteiger partial charge >= 0.3 is 6.36 Å². The number of aryl methyl sites for hydroxylation is 2. The Hall–Kier alpha value is -3.03. The lowest BCUT2D eigenvalue weighted by atomic mass is 9.91. The number of nitrogen functional groups attached to an aromatic ring is 1. The average molecular weight is 508 g/mol. The lowest BCUT2D eigenvalue weighted by Crippen LogP contribution is -2.39. The molecule has 2 aliphatic rings. The minimum absolute atomic E-state index is 0.0188. The molecule has 0 spiro atoms. The van der Waals surface area contributed by atoms with E-state index in [0.29, 0.717) is 46.0 Å². The third-order valence-electron chi connectivity index (χ3n) is 6.27. The first-order valence-corrected chi connectivity index (χ1v) is 12.0. The highest BCUT2D eigenvalue weighted by Gasteiger charge is 2.41. The van der Waals surface area contributed by atoms with Gasteiger partial charge in [0, 0.05) is 31.0 Å². The first-order valence-electron chi connectivity index (χ1n) is 11.1. The predicted molar refractivity (Wildman–Crippen MR) is 125 cm³/mol. The summed E-state index contributed by atoms with van der Waals surface area (Å²) in [5, 5.41) is 3.05. The van der Waals surface area contributed by atoms with Crippen molar-refractivity contribution in [1.82, 2.24) is 20.3 Å². The number of hydrogen-bond acceptors (Lipinski definition) is 9. The summed E-state index contributed by atoms with van der Waals surface area (Å²) in [6, 6.07) is 2.82. The van der Waals surface area contributed by atoms with E-state index >= 15 is 0 Å². The van der Waals surface area contributed by atoms with Gasteiger partial charge in [-0.05, 0) is 37.8 Å². The summed E-state index contributed by atoms with van der Waals surface area (Å²) >= 11 is 1.22. The van der Waals surface area contributed by atoms with Gasteiger partial charge in [-0.2, -0.15) is 0 Å². The number of thiophene rings is 1. The lowest BCUT2D eigenvalue weighted by Gasteiger charge is -2.26. The van der Waals surface area contributed by atoms with Crippen molar-refractivity contribution in [2.24, 2.45) is 5.73 Å². The molecule has 5 N–H and O–H groups in total. The van der Waals surface area contributed by atoms with Crippen LogP contribution in [0.2, 0.25) is 0 Å². The van der Waals surface area contributed by atoms with E-state index < -0.39 is 18.5 Å². The third-order valence-corrected chi connectivity index (χ3v) is 7.36. The molecular weight excluding hydrogens is 483 g/mol. The van der Waals surface area contributed by atoms with Gasteiger partial charge in [0.2, 0.25) is 0 Å². The van der Waals surface area contributed by atoms with Gasteiger partial charge in [-0.3, -0.25) is 9.53 Å². The van der Waals surface area contributed by atoms with E-state index in [-0.39, 0.29) is 25.0 Å². The number of halogens is 3. The molecule has 1 amide bonds. The number of pyridine rings is 1. The first-order chi connectivity index (χ1) is 16.6. The molecule has 1 saturated heterocycles. The number of aromatic nitrogens is 3. The Morgan fingerprint density at radius 2 is 2.09 bits per heavy atom. The van der Waals surface area contributed by atoms with Gasteiger partial charge in [-0.1, -0.05) is 6.07 Å². The summed E-state index contributed by atoms with van der Waals surface area (Å²) in [4.78, 5) is 29.0. The van der Waals surface area contributed by atoms with Crippen LogP contribution in [0.3, 0.4) is 0 Å². The van der Waals surface area contributed by atoms with Crippen molar-refractivity contribution in [1.29, 1.82) is 0 Å². The van der Waals surface area contributed by atoms with Crippen molar-refractivity contribution < 1.29 is 22.7 Å². The summed E-state index contributed by atoms with van der Waals surface area (Å²) in [6.45, 7) is 2.07. The second-order valence-corrected chi connectivity index (χ2v) is 9.87. The second kappa shape index (κ2) is 8.88. The van der Waals surface area contributed by atoms with Crippen molar-refractivity contribution in [3.63, 3.8) is 0 Å². The minimum Gasteiger partial charge on any atom is -0.396 e. The van der Waals surface area contributed by atoms with Gasteiger partial charge in [0.1, 0.15) is 27.1 Å². The molecule has 1 fully saturated rings. The summed E-state index contributed by atoms with van der Waals surface area (Å²) in [5.41, 5.74) is 15.5. The van der Waals surface area contributed by atoms with Crippen LogP contribution < -0.4 is 21.7 Å². The fourth-order valence-corrected chi connectivity index (χ4v) is 5.57. The summed E-state index contributed by atoms with van der Waals surface area (Å²) in [7, 11) is 0. The molecule has 4 heterocycles. The molecule has 3 aromatic heterocycles. The molecular formula is C22H24F3N7O2S. The molecule has 0 aromatic carbocycles. The molecule has 0 radical (unpaired) electrons. The highest BCUT2D eigenvalue weighted by atomic mass is 32.1. The van der Waals surface area contributed by atoms with Gasteiger partial charge in [0.05, 0.1) is 17.4 Å². The SMILES string of the molecule is Cc1cnc2c(N)c(C(=O)NC3CCc4nc(N5CC(N)C(OC(F)(F)F)C5)ccc4C3)sc2n1. The Bertz CT molecular complexity index is 1280. The monoisotopic (exact) mass is 507 g/mol. The average Bonchev–Trinajstić information content (AvgIpc) is 3.31. The van der Waals surface area contributed by atoms with E-state index in [4.69, 9.17) is 11.5 Å². The highest BCUT2D eigenvalue weighted by molar-refractivity contribution is 7.21. The third kappa shape index (κ3) is 4.88. The van der Waals surface area contributed by atoms with Crippen molar-refractivity contribution in [3.05, 3.63) is 40.2 Å². The molecule has 13 heteroatoms. The van der Waals surface area contributed by atoms with Crippen LogP contribution in [0.4, 0.5) is 24.7 Å². The molecule has 0 saturated carbocycles. The number of carbonyl (C=O) groups excluding carboxylic acids is 1. The van der Waals surface area contributed by atoms with E-state index in [1.54, 1.807) is 17.2 Å². The number of hydrogen-bond donors (Lipinski definition) is 3. The topological polar surface area (TPSA) is 132 Å². The van der Waals surface area contributed by atoms with Crippen LogP contribution in [0.15, 0.2) is 18.3 Å². The Morgan fingerprint density at radius 3 is 2.86 bits per heavy atom. The molecule has 5 rings (SSSR count). The van der Waals surface area contributed by atoms with E-state index in [9.17, 15) is 18.0 Å². The molecule has 1 aliphatic carbocycles. The van der Waals surface area contributed by atoms with Crippen LogP contribution >= 0.6 is 11.3 Å². The zero-order valence-corrected chi connectivity index (χ0v) is 19.6. The zero-order chi connectivity index (χ0) is 24.9. The molecule has 3 atom stereocenters. The molecule has 3 aromatic rings. The standard InChI is InChI=1S/C22H24F3N7O2S/c1-10-7-28-18-17(27)19(35-21(18)29-10)20(33)30-12-3-4-14-11(6-12)2-5-16(31-14)32-8-13(26)15(9-32)34-22(23,24)25/h2,5,7,12-13,15H,3-4,6,8-9,26-27H2,1H3,(H,30,33). The number of alkyl halides is 3. The number of nitrogens with zero attached hydrogens (tertiary/aromatic N) is 4. The molecule has 1 aliphatic heterocycles. The Kier molecular flexibility index (Phi) is 6.01. The maximum absolute atomic E-state index is 12.9. The van der Waals surface area contributed by atoms with Crippen LogP contribution in [-0.4, -0.2) is 58.5 Å². The predicted octanol–water partition coefficient (Wildman–Crippen LogP) is 2.32. The second-order valence-electron chi connectivity index (χ2n) is 8.87. The van der Waals surface area contributed by atoms with E-state index in [1.807, 2.05) is 13.0 Å². The summed E-state index contributed by atoms with van der Waals surface area (Å²) < 4.78 is 42.0. The normalized spacial score (nSPS) is 22.4. The van der Waals surface area contributed by atoms with Crippen molar-refractivity contribution in [3.8, 4) is 0 Å². The summed E-state index contributed by atoms with van der Waals surface area (Å²) in [6.07, 6.45) is -2.36.